The minimum absolute atomic E-state index is 0.140. The lowest BCUT2D eigenvalue weighted by atomic mass is 9.70. The van der Waals surface area contributed by atoms with Gasteiger partial charge >= 0.3 is 11.7 Å². The molecule has 6 rings (SSSR count). The van der Waals surface area contributed by atoms with Crippen LogP contribution in [0.1, 0.15) is 45.6 Å². The summed E-state index contributed by atoms with van der Waals surface area (Å²) in [4.78, 5) is 47.8. The van der Waals surface area contributed by atoms with Crippen LogP contribution in [0.15, 0.2) is 41.3 Å². The van der Waals surface area contributed by atoms with E-state index in [1.807, 2.05) is 12.1 Å². The Morgan fingerprint density at radius 2 is 1.73 bits per heavy atom. The molecule has 41 heavy (non-hydrogen) atoms. The molecule has 3 saturated carbocycles. The zero-order valence-electron chi connectivity index (χ0n) is 24.7. The quantitative estimate of drug-likeness (QED) is 0.442. The number of rotatable bonds is 8. The third-order valence-electron chi connectivity index (χ3n) is 9.42. The maximum absolute atomic E-state index is 12.8. The molecule has 4 fully saturated rings. The normalized spacial score (nSPS) is 24.8. The molecule has 11 heteroatoms. The molecule has 2 bridgehead atoms. The van der Waals surface area contributed by atoms with Crippen LogP contribution in [-0.4, -0.2) is 93.6 Å². The smallest absolute Gasteiger partial charge is 0.338 e. The highest BCUT2D eigenvalue weighted by atomic mass is 16.2. The molecule has 0 spiro atoms. The molecule has 0 radical (unpaired) electrons. The van der Waals surface area contributed by atoms with Crippen molar-refractivity contribution in [2.45, 2.75) is 64.1 Å². The number of nitrogens with two attached hydrogens (primary N) is 2. The fourth-order valence-electron chi connectivity index (χ4n) is 6.81. The zero-order valence-corrected chi connectivity index (χ0v) is 24.7. The summed E-state index contributed by atoms with van der Waals surface area (Å²) in [5, 5.41) is 2.70. The number of benzene rings is 1. The van der Waals surface area contributed by atoms with Gasteiger partial charge in [-0.2, -0.15) is 4.98 Å². The topological polar surface area (TPSA) is 143 Å². The Morgan fingerprint density at radius 1 is 1.10 bits per heavy atom. The lowest BCUT2D eigenvalue weighted by Gasteiger charge is -2.38. The predicted molar refractivity (Wildman–Crippen MR) is 159 cm³/mol. The average molecular weight is 565 g/mol. The number of anilines is 1. The van der Waals surface area contributed by atoms with Crippen molar-refractivity contribution in [2.75, 3.05) is 45.1 Å². The van der Waals surface area contributed by atoms with E-state index in [1.54, 1.807) is 35.9 Å². The number of carbonyl (C=O) groups is 2. The number of hydrogen-bond donors (Lipinski definition) is 3. The first-order valence-corrected chi connectivity index (χ1v) is 14.6. The van der Waals surface area contributed by atoms with Crippen molar-refractivity contribution in [1.29, 1.82) is 0 Å². The van der Waals surface area contributed by atoms with Crippen LogP contribution in [-0.2, 0) is 11.2 Å². The summed E-state index contributed by atoms with van der Waals surface area (Å²) >= 11 is 0. The van der Waals surface area contributed by atoms with Crippen molar-refractivity contribution in [1.82, 2.24) is 24.3 Å². The first-order chi connectivity index (χ1) is 19.4. The first-order valence-electron chi connectivity index (χ1n) is 14.6. The Balaban J connectivity index is 1.14. The summed E-state index contributed by atoms with van der Waals surface area (Å²) in [5.41, 5.74) is 12.9. The first kappa shape index (κ1) is 29.2. The summed E-state index contributed by atoms with van der Waals surface area (Å²) in [6, 6.07) is 10.3. The Labute approximate surface area is 241 Å². The lowest BCUT2D eigenvalue weighted by molar-refractivity contribution is -0.137. The van der Waals surface area contributed by atoms with E-state index >= 15 is 0 Å². The van der Waals surface area contributed by atoms with Crippen LogP contribution in [0, 0.1) is 11.3 Å². The SMILES string of the molecule is CC(Cc1ccc(-n2ccc(NC(=O)N3CCN(C(=O)C(C)(C)N)CC3)nc2=O)cc1)N(C)C1CC2(CN)CC1C2. The summed E-state index contributed by atoms with van der Waals surface area (Å²) in [5.74, 6) is 0.830. The number of hydrogen-bond acceptors (Lipinski definition) is 7. The standard InChI is InChI=1S/C30H44N8O3/c1-20(35(4)24-18-30(19-31)16-22(24)17-30)15-21-5-7-23(8-6-21)38-10-9-25(34-28(38)41)33-27(40)37-13-11-36(12-14-37)26(39)29(2,3)32/h5-10,20,22,24H,11-19,31-32H2,1-4H3,(H,33,34,40,41). The fraction of sp³-hybridized carbons (Fsp3) is 0.600. The van der Waals surface area contributed by atoms with Crippen LogP contribution in [0.25, 0.3) is 5.69 Å². The molecule has 2 atom stereocenters. The van der Waals surface area contributed by atoms with Gasteiger partial charge in [-0.05, 0) is 95.1 Å². The second-order valence-electron chi connectivity index (χ2n) is 12.9. The van der Waals surface area contributed by atoms with Gasteiger partial charge in [0.25, 0.3) is 0 Å². The van der Waals surface area contributed by atoms with Crippen LogP contribution in [0.2, 0.25) is 0 Å². The van der Waals surface area contributed by atoms with E-state index in [2.05, 4.69) is 41.3 Å². The average Bonchev–Trinajstić information content (AvgIpc) is 3.49. The molecular formula is C30H44N8O3. The van der Waals surface area contributed by atoms with E-state index in [1.165, 1.54) is 29.4 Å². The highest BCUT2D eigenvalue weighted by Gasteiger charge is 2.56. The molecule has 1 aliphatic heterocycles. The molecule has 1 aromatic carbocycles. The number of carbonyl (C=O) groups excluding carboxylic acids is 2. The van der Waals surface area contributed by atoms with E-state index in [-0.39, 0.29) is 17.8 Å². The van der Waals surface area contributed by atoms with Crippen molar-refractivity contribution in [3.05, 3.63) is 52.6 Å². The van der Waals surface area contributed by atoms with Gasteiger partial charge in [-0.15, -0.1) is 0 Å². The minimum Gasteiger partial charge on any atom is -0.338 e. The van der Waals surface area contributed by atoms with Gasteiger partial charge < -0.3 is 26.2 Å². The van der Waals surface area contributed by atoms with Gasteiger partial charge in [0.1, 0.15) is 5.82 Å². The van der Waals surface area contributed by atoms with Crippen molar-refractivity contribution in [2.24, 2.45) is 22.8 Å². The van der Waals surface area contributed by atoms with Crippen molar-refractivity contribution in [3.63, 3.8) is 0 Å². The van der Waals surface area contributed by atoms with Crippen molar-refractivity contribution >= 4 is 17.8 Å². The number of piperazine rings is 1. The Bertz CT molecular complexity index is 1320. The van der Waals surface area contributed by atoms with Crippen LogP contribution in [0.5, 0.6) is 0 Å². The van der Waals surface area contributed by atoms with Crippen molar-refractivity contribution in [3.8, 4) is 5.69 Å². The van der Waals surface area contributed by atoms with Gasteiger partial charge in [-0.1, -0.05) is 12.1 Å². The van der Waals surface area contributed by atoms with Gasteiger partial charge in [0.05, 0.1) is 11.2 Å². The molecule has 1 saturated heterocycles. The largest absolute Gasteiger partial charge is 0.354 e. The Morgan fingerprint density at radius 3 is 2.29 bits per heavy atom. The minimum atomic E-state index is -0.947. The molecule has 2 aromatic rings. The molecule has 4 aliphatic rings. The van der Waals surface area contributed by atoms with E-state index in [0.29, 0.717) is 43.7 Å². The molecule has 1 aromatic heterocycles. The highest BCUT2D eigenvalue weighted by Crippen LogP contribution is 2.59. The number of nitrogens with one attached hydrogen (secondary N) is 1. The van der Waals surface area contributed by atoms with E-state index < -0.39 is 11.2 Å². The van der Waals surface area contributed by atoms with Crippen LogP contribution in [0.4, 0.5) is 10.6 Å². The molecular weight excluding hydrogens is 520 g/mol. The molecule has 3 amide bonds. The third kappa shape index (κ3) is 6.02. The molecule has 11 nitrogen and oxygen atoms in total. The molecule has 5 N–H and O–H groups in total. The van der Waals surface area contributed by atoms with E-state index in [9.17, 15) is 14.4 Å². The number of amides is 3. The second-order valence-corrected chi connectivity index (χ2v) is 12.9. The maximum Gasteiger partial charge on any atom is 0.354 e. The maximum atomic E-state index is 12.8. The highest BCUT2D eigenvalue weighted by molar-refractivity contribution is 5.89. The van der Waals surface area contributed by atoms with Gasteiger partial charge in [-0.25, -0.2) is 9.59 Å². The summed E-state index contributed by atoms with van der Waals surface area (Å²) in [6.07, 6.45) is 6.32. The number of aromatic nitrogens is 2. The molecule has 222 valence electrons. The fourth-order valence-corrected chi connectivity index (χ4v) is 6.81. The van der Waals surface area contributed by atoms with Gasteiger partial charge in [-0.3, -0.25) is 14.7 Å². The van der Waals surface area contributed by atoms with Gasteiger partial charge in [0.2, 0.25) is 5.91 Å². The molecule has 3 aliphatic carbocycles. The summed E-state index contributed by atoms with van der Waals surface area (Å²) in [6.45, 7) is 8.00. The number of nitrogens with zero attached hydrogens (tertiary/aromatic N) is 5. The van der Waals surface area contributed by atoms with Crippen LogP contribution >= 0.6 is 0 Å². The number of urea groups is 1. The predicted octanol–water partition coefficient (Wildman–Crippen LogP) is 1.64. The van der Waals surface area contributed by atoms with E-state index in [4.69, 9.17) is 11.5 Å². The number of likely N-dealkylation sites (N-methyl/N-ethyl adjacent to an activating group) is 1. The number of fused-ring (bicyclic) bond motifs is 1. The summed E-state index contributed by atoms with van der Waals surface area (Å²) in [7, 11) is 2.24. The third-order valence-corrected chi connectivity index (χ3v) is 9.42. The molecule has 2 unspecified atom stereocenters. The van der Waals surface area contributed by atoms with Crippen LogP contribution < -0.4 is 22.5 Å². The Hall–Kier alpha value is -3.28. The second kappa shape index (κ2) is 11.2. The van der Waals surface area contributed by atoms with Gasteiger partial charge in [0, 0.05) is 44.5 Å². The Kier molecular flexibility index (Phi) is 7.97. The lowest BCUT2D eigenvalue weighted by Crippen LogP contribution is -2.58. The monoisotopic (exact) mass is 564 g/mol. The van der Waals surface area contributed by atoms with Crippen LogP contribution in [0.3, 0.4) is 0 Å². The van der Waals surface area contributed by atoms with Gasteiger partial charge in [0.15, 0.2) is 0 Å². The molecule has 2 heterocycles. The van der Waals surface area contributed by atoms with E-state index in [0.717, 1.165) is 24.6 Å². The van der Waals surface area contributed by atoms with Crippen molar-refractivity contribution < 1.29 is 9.59 Å². The zero-order chi connectivity index (χ0) is 29.5. The summed E-state index contributed by atoms with van der Waals surface area (Å²) < 4.78 is 1.46.